The fourth-order valence-corrected chi connectivity index (χ4v) is 1.15. The first-order chi connectivity index (χ1) is 6.68. The number of nitrogens with zero attached hydrogens (tertiary/aromatic N) is 2. The van der Waals surface area contributed by atoms with E-state index in [-0.39, 0.29) is 11.4 Å². The summed E-state index contributed by atoms with van der Waals surface area (Å²) in [7, 11) is 0. The van der Waals surface area contributed by atoms with E-state index in [1.165, 1.54) is 12.1 Å². The topological polar surface area (TPSA) is 83.3 Å². The molecule has 0 aliphatic heterocycles. The Kier molecular flexibility index (Phi) is 1.78. The van der Waals surface area contributed by atoms with Gasteiger partial charge in [0.25, 0.3) is 0 Å². The standard InChI is InChI=1S/C9H6N2O3/c12-8-3-1-2-6-5(8)4-7(9(13)14)11-10-6/h1-4,12H,(H,13,14). The molecule has 0 aliphatic carbocycles. The van der Waals surface area contributed by atoms with Gasteiger partial charge >= 0.3 is 5.97 Å². The highest BCUT2D eigenvalue weighted by molar-refractivity contribution is 5.92. The smallest absolute Gasteiger partial charge is 0.356 e. The van der Waals surface area contributed by atoms with Gasteiger partial charge in [-0.15, -0.1) is 10.2 Å². The number of aromatic carboxylic acids is 1. The summed E-state index contributed by atoms with van der Waals surface area (Å²) >= 11 is 0. The highest BCUT2D eigenvalue weighted by Gasteiger charge is 2.08. The normalized spacial score (nSPS) is 10.3. The second-order valence-corrected chi connectivity index (χ2v) is 2.74. The van der Waals surface area contributed by atoms with E-state index in [9.17, 15) is 9.90 Å². The van der Waals surface area contributed by atoms with Gasteiger partial charge in [0, 0.05) is 5.39 Å². The summed E-state index contributed by atoms with van der Waals surface area (Å²) in [6, 6.07) is 6.02. The van der Waals surface area contributed by atoms with Crippen molar-refractivity contribution in [3.05, 3.63) is 30.0 Å². The van der Waals surface area contributed by atoms with Gasteiger partial charge < -0.3 is 10.2 Å². The van der Waals surface area contributed by atoms with Crippen LogP contribution in [-0.2, 0) is 0 Å². The minimum absolute atomic E-state index is 0.0000926. The van der Waals surface area contributed by atoms with Crippen molar-refractivity contribution in [1.29, 1.82) is 0 Å². The molecule has 70 valence electrons. The molecule has 1 aromatic heterocycles. The predicted octanol–water partition coefficient (Wildman–Crippen LogP) is 1.03. The number of hydrogen-bond acceptors (Lipinski definition) is 4. The van der Waals surface area contributed by atoms with E-state index >= 15 is 0 Å². The van der Waals surface area contributed by atoms with E-state index < -0.39 is 5.97 Å². The summed E-state index contributed by atoms with van der Waals surface area (Å²) in [6.07, 6.45) is 0. The lowest BCUT2D eigenvalue weighted by atomic mass is 10.2. The maximum Gasteiger partial charge on any atom is 0.356 e. The highest BCUT2D eigenvalue weighted by atomic mass is 16.4. The number of benzene rings is 1. The maximum absolute atomic E-state index is 10.6. The molecular formula is C9H6N2O3. The van der Waals surface area contributed by atoms with Crippen LogP contribution in [0.1, 0.15) is 10.5 Å². The van der Waals surface area contributed by atoms with Crippen molar-refractivity contribution in [3.63, 3.8) is 0 Å². The minimum Gasteiger partial charge on any atom is -0.507 e. The Bertz CT molecular complexity index is 510. The molecule has 0 aliphatic rings. The van der Waals surface area contributed by atoms with Crippen LogP contribution in [0.25, 0.3) is 10.9 Å². The number of rotatable bonds is 1. The molecule has 14 heavy (non-hydrogen) atoms. The third-order valence-electron chi connectivity index (χ3n) is 1.83. The molecule has 1 aromatic carbocycles. The molecule has 2 rings (SSSR count). The molecule has 0 fully saturated rings. The SMILES string of the molecule is O=C(O)c1cc2c(O)cccc2nn1. The average molecular weight is 190 g/mol. The molecule has 0 radical (unpaired) electrons. The van der Waals surface area contributed by atoms with Crippen LogP contribution in [0.15, 0.2) is 24.3 Å². The Morgan fingerprint density at radius 2 is 2.07 bits per heavy atom. The molecule has 0 saturated heterocycles. The monoisotopic (exact) mass is 190 g/mol. The average Bonchev–Trinajstić information content (AvgIpc) is 2.18. The van der Waals surface area contributed by atoms with Crippen molar-refractivity contribution in [2.75, 3.05) is 0 Å². The van der Waals surface area contributed by atoms with Crippen molar-refractivity contribution >= 4 is 16.9 Å². The molecular weight excluding hydrogens is 184 g/mol. The van der Waals surface area contributed by atoms with Gasteiger partial charge in [0.15, 0.2) is 5.69 Å². The zero-order valence-electron chi connectivity index (χ0n) is 7.01. The summed E-state index contributed by atoms with van der Waals surface area (Å²) < 4.78 is 0. The van der Waals surface area contributed by atoms with Crippen molar-refractivity contribution in [1.82, 2.24) is 10.2 Å². The number of carboxylic acid groups (broad SMARTS) is 1. The van der Waals surface area contributed by atoms with Crippen LogP contribution in [0.3, 0.4) is 0 Å². The van der Waals surface area contributed by atoms with Gasteiger partial charge in [0.1, 0.15) is 5.75 Å². The van der Waals surface area contributed by atoms with E-state index in [1.807, 2.05) is 0 Å². The molecule has 2 N–H and O–H groups in total. The Morgan fingerprint density at radius 1 is 1.29 bits per heavy atom. The van der Waals surface area contributed by atoms with E-state index in [0.29, 0.717) is 10.9 Å². The number of carboxylic acids is 1. The van der Waals surface area contributed by atoms with Crippen molar-refractivity contribution < 1.29 is 15.0 Å². The number of phenols is 1. The van der Waals surface area contributed by atoms with E-state index in [0.717, 1.165) is 0 Å². The summed E-state index contributed by atoms with van der Waals surface area (Å²) in [6.45, 7) is 0. The van der Waals surface area contributed by atoms with Crippen LogP contribution in [-0.4, -0.2) is 26.4 Å². The molecule has 0 saturated carbocycles. The summed E-state index contributed by atoms with van der Waals surface area (Å²) in [5, 5.41) is 25.6. The fourth-order valence-electron chi connectivity index (χ4n) is 1.15. The summed E-state index contributed by atoms with van der Waals surface area (Å²) in [4.78, 5) is 10.6. The third-order valence-corrected chi connectivity index (χ3v) is 1.83. The molecule has 0 amide bonds. The van der Waals surface area contributed by atoms with Crippen LogP contribution in [0.2, 0.25) is 0 Å². The third kappa shape index (κ3) is 1.24. The van der Waals surface area contributed by atoms with Gasteiger partial charge in [-0.3, -0.25) is 0 Å². The van der Waals surface area contributed by atoms with Gasteiger partial charge in [0.2, 0.25) is 0 Å². The molecule has 2 aromatic rings. The van der Waals surface area contributed by atoms with Crippen LogP contribution in [0.4, 0.5) is 0 Å². The Labute approximate surface area is 78.6 Å². The van der Waals surface area contributed by atoms with Crippen LogP contribution in [0.5, 0.6) is 5.75 Å². The first kappa shape index (κ1) is 8.43. The van der Waals surface area contributed by atoms with Crippen LogP contribution in [0, 0.1) is 0 Å². The maximum atomic E-state index is 10.6. The van der Waals surface area contributed by atoms with E-state index in [2.05, 4.69) is 10.2 Å². The van der Waals surface area contributed by atoms with E-state index in [4.69, 9.17) is 5.11 Å². The molecule has 5 heteroatoms. The number of fused-ring (bicyclic) bond motifs is 1. The van der Waals surface area contributed by atoms with Crippen molar-refractivity contribution in [3.8, 4) is 5.75 Å². The molecule has 0 bridgehead atoms. The Balaban J connectivity index is 2.76. The van der Waals surface area contributed by atoms with Crippen molar-refractivity contribution in [2.45, 2.75) is 0 Å². The second-order valence-electron chi connectivity index (χ2n) is 2.74. The predicted molar refractivity (Wildman–Crippen MR) is 48.2 cm³/mol. The quantitative estimate of drug-likeness (QED) is 0.701. The molecule has 0 unspecified atom stereocenters. The van der Waals surface area contributed by atoms with Gasteiger partial charge in [-0.2, -0.15) is 0 Å². The number of phenolic OH excluding ortho intramolecular Hbond substituents is 1. The van der Waals surface area contributed by atoms with Gasteiger partial charge in [-0.1, -0.05) is 6.07 Å². The Morgan fingerprint density at radius 3 is 2.79 bits per heavy atom. The molecule has 5 nitrogen and oxygen atoms in total. The van der Waals surface area contributed by atoms with E-state index in [1.54, 1.807) is 12.1 Å². The second kappa shape index (κ2) is 2.95. The number of aromatic hydroxyl groups is 1. The molecule has 1 heterocycles. The fraction of sp³-hybridized carbons (Fsp3) is 0. The van der Waals surface area contributed by atoms with Crippen LogP contribution < -0.4 is 0 Å². The van der Waals surface area contributed by atoms with Crippen molar-refractivity contribution in [2.24, 2.45) is 0 Å². The summed E-state index contributed by atoms with van der Waals surface area (Å²) in [5.74, 6) is -1.16. The van der Waals surface area contributed by atoms with Crippen LogP contribution >= 0.6 is 0 Å². The van der Waals surface area contributed by atoms with Gasteiger partial charge in [0.05, 0.1) is 5.52 Å². The lowest BCUT2D eigenvalue weighted by molar-refractivity contribution is 0.0689. The lowest BCUT2D eigenvalue weighted by Gasteiger charge is -1.99. The number of carbonyl (C=O) groups is 1. The largest absolute Gasteiger partial charge is 0.507 e. The van der Waals surface area contributed by atoms with Gasteiger partial charge in [-0.25, -0.2) is 4.79 Å². The molecule has 0 atom stereocenters. The first-order valence-electron chi connectivity index (χ1n) is 3.87. The zero-order valence-corrected chi connectivity index (χ0v) is 7.01. The Hall–Kier alpha value is -2.17. The highest BCUT2D eigenvalue weighted by Crippen LogP contribution is 2.22. The number of hydrogen-bond donors (Lipinski definition) is 2. The summed E-state index contributed by atoms with van der Waals surface area (Å²) in [5.41, 5.74) is 0.286. The first-order valence-corrected chi connectivity index (χ1v) is 3.87. The lowest BCUT2D eigenvalue weighted by Crippen LogP contribution is -2.01. The number of aromatic nitrogens is 2. The minimum atomic E-state index is -1.16. The zero-order chi connectivity index (χ0) is 10.1. The molecule has 0 spiro atoms. The van der Waals surface area contributed by atoms with Gasteiger partial charge in [-0.05, 0) is 18.2 Å².